The minimum absolute atomic E-state index is 0. The number of nitrogens with two attached hydrogens (primary N) is 1. The molecule has 1 fully saturated rings. The van der Waals surface area contributed by atoms with Gasteiger partial charge in [0.2, 0.25) is 15.9 Å². The molecule has 1 saturated heterocycles. The first-order valence-corrected chi connectivity index (χ1v) is 12.3. The quantitative estimate of drug-likeness (QED) is 0.409. The minimum Gasteiger partial charge on any atom is -0.497 e. The Labute approximate surface area is 209 Å². The number of hydrogen-bond acceptors (Lipinski definition) is 6. The fourth-order valence-electron chi connectivity index (χ4n) is 4.33. The summed E-state index contributed by atoms with van der Waals surface area (Å²) in [5.41, 5.74) is 6.86. The molecule has 0 saturated carbocycles. The van der Waals surface area contributed by atoms with Gasteiger partial charge in [-0.1, -0.05) is 24.3 Å². The molecule has 4 aromatic rings. The number of pyridine rings is 1. The lowest BCUT2D eigenvalue weighted by molar-refractivity contribution is -0.129. The predicted octanol–water partition coefficient (Wildman–Crippen LogP) is 3.48. The number of likely N-dealkylation sites (tertiary alicyclic amines) is 1. The zero-order valence-corrected chi connectivity index (χ0v) is 20.6. The number of rotatable bonds is 6. The molecule has 0 aliphatic carbocycles. The Kier molecular flexibility index (Phi) is 6.84. The summed E-state index contributed by atoms with van der Waals surface area (Å²) in [7, 11) is -2.32. The Hall–Kier alpha value is -3.40. The van der Waals surface area contributed by atoms with E-state index in [1.165, 1.54) is 0 Å². The Balaban J connectivity index is 0.00000289. The van der Waals surface area contributed by atoms with Gasteiger partial charge in [-0.3, -0.25) is 4.79 Å². The molecule has 1 aliphatic heterocycles. The number of fused-ring (bicyclic) bond motifs is 2. The molecule has 5 rings (SSSR count). The van der Waals surface area contributed by atoms with Gasteiger partial charge >= 0.3 is 0 Å². The summed E-state index contributed by atoms with van der Waals surface area (Å²) in [6.07, 6.45) is 2.06. The van der Waals surface area contributed by atoms with Crippen molar-refractivity contribution in [1.82, 2.24) is 14.6 Å². The topological polar surface area (TPSA) is 115 Å². The number of carbonyl (C=O) groups is 1. The van der Waals surface area contributed by atoms with Crippen molar-refractivity contribution in [1.29, 1.82) is 0 Å². The molecule has 1 aliphatic rings. The van der Waals surface area contributed by atoms with Gasteiger partial charge in [0.1, 0.15) is 17.6 Å². The van der Waals surface area contributed by atoms with Crippen molar-refractivity contribution >= 4 is 55.7 Å². The molecule has 1 aromatic heterocycles. The number of ether oxygens (including phenoxy) is 1. The number of nitrogen functional groups attached to an aromatic ring is 1. The summed E-state index contributed by atoms with van der Waals surface area (Å²) in [4.78, 5) is 18.9. The molecule has 1 amide bonds. The molecule has 3 aromatic carbocycles. The third-order valence-electron chi connectivity index (χ3n) is 6.16. The third kappa shape index (κ3) is 4.88. The first kappa shape index (κ1) is 24.7. The van der Waals surface area contributed by atoms with Crippen LogP contribution in [0.3, 0.4) is 0 Å². The van der Waals surface area contributed by atoms with Crippen LogP contribution in [0.2, 0.25) is 0 Å². The van der Waals surface area contributed by atoms with E-state index in [0.717, 1.165) is 27.1 Å². The standard InChI is InChI=1S/C25H24N4O4S.ClH/c1-33-20-5-3-17-4-6-21(14-19(17)13-20)34(31,32)28-23-9-11-29(25(23)30)15-16-2-7-22-18(12-16)8-10-27-24(22)26;/h2-8,10,12-14,23,28H,9,11,15H2,1H3,(H2,26,27);1H/t23-;/m0./s1. The van der Waals surface area contributed by atoms with E-state index in [-0.39, 0.29) is 23.2 Å². The highest BCUT2D eigenvalue weighted by Gasteiger charge is 2.35. The van der Waals surface area contributed by atoms with Crippen LogP contribution in [0, 0.1) is 0 Å². The van der Waals surface area contributed by atoms with Gasteiger partial charge in [0, 0.05) is 24.7 Å². The number of aromatic nitrogens is 1. The fourth-order valence-corrected chi connectivity index (χ4v) is 5.59. The Morgan fingerprint density at radius 2 is 1.86 bits per heavy atom. The second-order valence-electron chi connectivity index (χ2n) is 8.35. The Bertz CT molecular complexity index is 1530. The van der Waals surface area contributed by atoms with E-state index in [0.29, 0.717) is 31.1 Å². The third-order valence-corrected chi connectivity index (χ3v) is 7.63. The molecule has 1 atom stereocenters. The van der Waals surface area contributed by atoms with Crippen LogP contribution in [0.4, 0.5) is 5.82 Å². The van der Waals surface area contributed by atoms with Gasteiger partial charge in [-0.15, -0.1) is 12.4 Å². The highest BCUT2D eigenvalue weighted by molar-refractivity contribution is 7.89. The molecule has 8 nitrogen and oxygen atoms in total. The van der Waals surface area contributed by atoms with Crippen molar-refractivity contribution < 1.29 is 17.9 Å². The fraction of sp³-hybridized carbons (Fsp3) is 0.200. The van der Waals surface area contributed by atoms with Crippen molar-refractivity contribution in [3.05, 3.63) is 72.4 Å². The summed E-state index contributed by atoms with van der Waals surface area (Å²) in [6, 6.07) is 17.2. The van der Waals surface area contributed by atoms with Gasteiger partial charge in [0.05, 0.1) is 12.0 Å². The lowest BCUT2D eigenvalue weighted by Gasteiger charge is -2.18. The monoisotopic (exact) mass is 512 g/mol. The van der Waals surface area contributed by atoms with Crippen LogP contribution < -0.4 is 15.2 Å². The van der Waals surface area contributed by atoms with Crippen molar-refractivity contribution in [2.45, 2.75) is 23.9 Å². The average Bonchev–Trinajstić information content (AvgIpc) is 3.16. The van der Waals surface area contributed by atoms with Crippen LogP contribution >= 0.6 is 12.4 Å². The molecule has 0 spiro atoms. The molecule has 10 heteroatoms. The van der Waals surface area contributed by atoms with Crippen LogP contribution in [0.25, 0.3) is 21.5 Å². The molecule has 0 bridgehead atoms. The number of nitrogens with zero attached hydrogens (tertiary/aromatic N) is 2. The number of carbonyl (C=O) groups excluding carboxylic acids is 1. The van der Waals surface area contributed by atoms with Crippen LogP contribution in [-0.4, -0.2) is 43.9 Å². The lowest BCUT2D eigenvalue weighted by Crippen LogP contribution is -2.41. The molecule has 35 heavy (non-hydrogen) atoms. The molecule has 0 radical (unpaired) electrons. The van der Waals surface area contributed by atoms with E-state index in [1.807, 2.05) is 36.4 Å². The van der Waals surface area contributed by atoms with E-state index >= 15 is 0 Å². The lowest BCUT2D eigenvalue weighted by atomic mass is 10.1. The van der Waals surface area contributed by atoms with E-state index in [9.17, 15) is 13.2 Å². The maximum Gasteiger partial charge on any atom is 0.241 e. The maximum atomic E-state index is 13.0. The van der Waals surface area contributed by atoms with Gasteiger partial charge in [-0.2, -0.15) is 4.72 Å². The molecule has 3 N–H and O–H groups in total. The highest BCUT2D eigenvalue weighted by atomic mass is 35.5. The number of amides is 1. The summed E-state index contributed by atoms with van der Waals surface area (Å²) < 4.78 is 33.9. The first-order valence-electron chi connectivity index (χ1n) is 10.9. The zero-order valence-electron chi connectivity index (χ0n) is 19.0. The second kappa shape index (κ2) is 9.69. The van der Waals surface area contributed by atoms with Crippen molar-refractivity contribution in [2.24, 2.45) is 0 Å². The van der Waals surface area contributed by atoms with Crippen LogP contribution in [0.15, 0.2) is 71.8 Å². The van der Waals surface area contributed by atoms with Crippen LogP contribution in [0.1, 0.15) is 12.0 Å². The minimum atomic E-state index is -3.88. The highest BCUT2D eigenvalue weighted by Crippen LogP contribution is 2.25. The number of anilines is 1. The number of benzene rings is 3. The summed E-state index contributed by atoms with van der Waals surface area (Å²) in [6.45, 7) is 0.864. The molecule has 0 unspecified atom stereocenters. The summed E-state index contributed by atoms with van der Waals surface area (Å²) in [5, 5.41) is 3.45. The molecular weight excluding hydrogens is 488 g/mol. The largest absolute Gasteiger partial charge is 0.497 e. The Morgan fingerprint density at radius 3 is 2.66 bits per heavy atom. The van der Waals surface area contributed by atoms with Gasteiger partial charge in [-0.25, -0.2) is 13.4 Å². The summed E-state index contributed by atoms with van der Waals surface area (Å²) >= 11 is 0. The van der Waals surface area contributed by atoms with E-state index in [2.05, 4.69) is 9.71 Å². The second-order valence-corrected chi connectivity index (χ2v) is 10.1. The number of halogens is 1. The summed E-state index contributed by atoms with van der Waals surface area (Å²) in [5.74, 6) is 0.868. The maximum absolute atomic E-state index is 13.0. The molecular formula is C25H25ClN4O4S. The van der Waals surface area contributed by atoms with Crippen molar-refractivity contribution in [3.8, 4) is 5.75 Å². The van der Waals surface area contributed by atoms with E-state index in [4.69, 9.17) is 10.5 Å². The van der Waals surface area contributed by atoms with Gasteiger partial charge in [-0.05, 0) is 64.5 Å². The molecule has 182 valence electrons. The first-order chi connectivity index (χ1) is 16.3. The van der Waals surface area contributed by atoms with Gasteiger partial charge in [0.15, 0.2) is 0 Å². The van der Waals surface area contributed by atoms with Crippen molar-refractivity contribution in [3.63, 3.8) is 0 Å². The normalized spacial score (nSPS) is 16.0. The van der Waals surface area contributed by atoms with Gasteiger partial charge < -0.3 is 15.4 Å². The van der Waals surface area contributed by atoms with Crippen LogP contribution in [-0.2, 0) is 21.4 Å². The SMILES string of the molecule is COc1ccc2ccc(S(=O)(=O)N[C@H]3CCN(Cc4ccc5c(N)nccc5c4)C3=O)cc2c1.Cl. The number of sulfonamides is 1. The molecule has 2 heterocycles. The Morgan fingerprint density at radius 1 is 1.06 bits per heavy atom. The smallest absolute Gasteiger partial charge is 0.241 e. The van der Waals surface area contributed by atoms with E-state index < -0.39 is 16.1 Å². The predicted molar refractivity (Wildman–Crippen MR) is 138 cm³/mol. The number of nitrogens with one attached hydrogen (secondary N) is 1. The van der Waals surface area contributed by atoms with Crippen LogP contribution in [0.5, 0.6) is 5.75 Å². The number of hydrogen-bond donors (Lipinski definition) is 2. The number of methoxy groups -OCH3 is 1. The van der Waals surface area contributed by atoms with Crippen molar-refractivity contribution in [2.75, 3.05) is 19.4 Å². The van der Waals surface area contributed by atoms with Gasteiger partial charge in [0.25, 0.3) is 0 Å². The van der Waals surface area contributed by atoms with E-state index in [1.54, 1.807) is 42.5 Å². The zero-order chi connectivity index (χ0) is 23.9. The average molecular weight is 513 g/mol.